The lowest BCUT2D eigenvalue weighted by Crippen LogP contribution is -2.40. The minimum Gasteiger partial charge on any atom is -0.461 e. The molecule has 2 aromatic rings. The first-order valence-corrected chi connectivity index (χ1v) is 11.7. The van der Waals surface area contributed by atoms with Gasteiger partial charge in [-0.25, -0.2) is 4.79 Å². The third-order valence-corrected chi connectivity index (χ3v) is 5.84. The van der Waals surface area contributed by atoms with Crippen molar-refractivity contribution in [2.24, 2.45) is 10.8 Å². The number of aliphatic hydroxyl groups is 2. The van der Waals surface area contributed by atoms with E-state index in [1.807, 2.05) is 40.7 Å². The molecule has 0 bridgehead atoms. The molecule has 0 heterocycles. The van der Waals surface area contributed by atoms with E-state index in [1.165, 1.54) is 12.1 Å². The smallest absolute Gasteiger partial charge is 0.338 e. The Morgan fingerprint density at radius 3 is 1.75 bits per heavy atom. The van der Waals surface area contributed by atoms with E-state index in [0.717, 1.165) is 0 Å². The topological polar surface area (TPSA) is 121 Å². The summed E-state index contributed by atoms with van der Waals surface area (Å²) in [5.41, 5.74) is -0.434. The molecule has 2 rings (SSSR count). The van der Waals surface area contributed by atoms with Gasteiger partial charge in [-0.05, 0) is 29.7 Å². The molecule has 2 unspecified atom stereocenters. The fourth-order valence-electron chi connectivity index (χ4n) is 2.48. The predicted octanol–water partition coefficient (Wildman–Crippen LogP) is 3.96. The average molecular weight is 467 g/mol. The molecule has 0 aliphatic carbocycles. The van der Waals surface area contributed by atoms with Crippen LogP contribution in [0.3, 0.4) is 0 Å². The van der Waals surface area contributed by atoms with Gasteiger partial charge in [0.25, 0.3) is 10.1 Å². The molecule has 3 N–H and O–H groups in total. The number of carbonyl (C=O) groups is 1. The molecule has 0 spiro atoms. The molecule has 8 heteroatoms. The summed E-state index contributed by atoms with van der Waals surface area (Å²) < 4.78 is 34.5. The molecule has 0 aliphatic rings. The Labute approximate surface area is 190 Å². The number of carbonyl (C=O) groups excluding carboxylic acids is 1. The number of ether oxygens (including phenoxy) is 1. The monoisotopic (exact) mass is 466 g/mol. The van der Waals surface area contributed by atoms with Gasteiger partial charge in [0.15, 0.2) is 0 Å². The molecule has 178 valence electrons. The Morgan fingerprint density at radius 1 is 0.875 bits per heavy atom. The normalized spacial score (nSPS) is 14.0. The van der Waals surface area contributed by atoms with Gasteiger partial charge in [-0.3, -0.25) is 4.55 Å². The number of esters is 1. The molecular formula is C24H34O7S. The van der Waals surface area contributed by atoms with Crippen LogP contribution in [0.4, 0.5) is 0 Å². The van der Waals surface area contributed by atoms with E-state index in [9.17, 15) is 23.4 Å². The fourth-order valence-corrected chi connectivity index (χ4v) is 2.98. The quantitative estimate of drug-likeness (QED) is 0.417. The molecule has 0 saturated carbocycles. The average Bonchev–Trinajstić information content (AvgIpc) is 2.72. The van der Waals surface area contributed by atoms with E-state index in [2.05, 4.69) is 0 Å². The Hall–Kier alpha value is -2.26. The molecule has 2 atom stereocenters. The number of aliphatic hydroxyl groups excluding tert-OH is 2. The second kappa shape index (κ2) is 11.6. The summed E-state index contributed by atoms with van der Waals surface area (Å²) in [7, 11) is -4.00. The summed E-state index contributed by atoms with van der Waals surface area (Å²) in [6, 6.07) is 16.2. The van der Waals surface area contributed by atoms with Crippen molar-refractivity contribution < 1.29 is 32.7 Å². The maximum absolute atomic E-state index is 11.9. The molecule has 0 amide bonds. The third-order valence-electron chi connectivity index (χ3n) is 4.97. The second-order valence-electron chi connectivity index (χ2n) is 9.35. The highest BCUT2D eigenvalue weighted by Gasteiger charge is 2.34. The zero-order chi connectivity index (χ0) is 24.6. The van der Waals surface area contributed by atoms with Crippen LogP contribution in [0.15, 0.2) is 65.6 Å². The highest BCUT2D eigenvalue weighted by molar-refractivity contribution is 7.85. The van der Waals surface area contributed by atoms with Crippen molar-refractivity contribution in [3.8, 4) is 0 Å². The van der Waals surface area contributed by atoms with Crippen LogP contribution < -0.4 is 0 Å². The van der Waals surface area contributed by atoms with Gasteiger partial charge in [0.1, 0.15) is 0 Å². The van der Waals surface area contributed by atoms with Gasteiger partial charge in [0, 0.05) is 11.8 Å². The van der Waals surface area contributed by atoms with Gasteiger partial charge in [0.05, 0.1) is 29.3 Å². The van der Waals surface area contributed by atoms with Crippen LogP contribution in [0, 0.1) is 10.8 Å². The summed E-state index contributed by atoms with van der Waals surface area (Å²) in [6.07, 6.45) is -1.13. The highest BCUT2D eigenvalue weighted by Crippen LogP contribution is 2.30. The summed E-state index contributed by atoms with van der Waals surface area (Å²) >= 11 is 0. The van der Waals surface area contributed by atoms with Crippen LogP contribution in [0.2, 0.25) is 0 Å². The number of hydrogen-bond donors (Lipinski definition) is 3. The molecule has 0 saturated heterocycles. The molecule has 32 heavy (non-hydrogen) atoms. The fraction of sp³-hybridized carbons (Fsp3) is 0.458. The Balaban J connectivity index is 0.000000425. The Bertz CT molecular complexity index is 933. The minimum absolute atomic E-state index is 0.0741. The molecule has 2 aromatic carbocycles. The standard InChI is InChI=1S/C18H28O4.C6H6O3S/c1-17(2,3)14(19)11-15(20)18(4,5)12-22-16(21)13-9-7-6-8-10-13;7-10(8,9)6-4-2-1-3-5-6/h6-10,14-15,19-20H,11-12H2,1-5H3;1-5H,(H,7,8,9). The zero-order valence-electron chi connectivity index (χ0n) is 19.2. The predicted molar refractivity (Wildman–Crippen MR) is 123 cm³/mol. The molecule has 0 fully saturated rings. The van der Waals surface area contributed by atoms with Crippen LogP contribution in [0.1, 0.15) is 51.4 Å². The summed E-state index contributed by atoms with van der Waals surface area (Å²) in [4.78, 5) is 11.9. The first-order valence-electron chi connectivity index (χ1n) is 10.3. The zero-order valence-corrected chi connectivity index (χ0v) is 20.0. The van der Waals surface area contributed by atoms with Crippen molar-refractivity contribution in [1.29, 1.82) is 0 Å². The van der Waals surface area contributed by atoms with Crippen LogP contribution in [-0.2, 0) is 14.9 Å². The SMILES string of the molecule is CC(C)(C)C(O)CC(O)C(C)(C)COC(=O)c1ccccc1.O=S(=O)(O)c1ccccc1. The Kier molecular flexibility index (Phi) is 10.0. The van der Waals surface area contributed by atoms with Gasteiger partial charge in [0.2, 0.25) is 0 Å². The van der Waals surface area contributed by atoms with E-state index < -0.39 is 33.7 Å². The number of rotatable bonds is 7. The van der Waals surface area contributed by atoms with Gasteiger partial charge < -0.3 is 14.9 Å². The minimum atomic E-state index is -4.00. The van der Waals surface area contributed by atoms with Crippen molar-refractivity contribution in [1.82, 2.24) is 0 Å². The van der Waals surface area contributed by atoms with Crippen molar-refractivity contribution in [2.45, 2.75) is 58.1 Å². The van der Waals surface area contributed by atoms with Crippen molar-refractivity contribution in [3.63, 3.8) is 0 Å². The van der Waals surface area contributed by atoms with Gasteiger partial charge >= 0.3 is 5.97 Å². The van der Waals surface area contributed by atoms with Gasteiger partial charge in [-0.1, -0.05) is 71.0 Å². The van der Waals surface area contributed by atoms with Crippen LogP contribution in [-0.4, -0.2) is 48.0 Å². The van der Waals surface area contributed by atoms with E-state index in [4.69, 9.17) is 9.29 Å². The number of benzene rings is 2. The van der Waals surface area contributed by atoms with E-state index >= 15 is 0 Å². The van der Waals surface area contributed by atoms with Gasteiger partial charge in [-0.15, -0.1) is 0 Å². The maximum atomic E-state index is 11.9. The van der Waals surface area contributed by atoms with Crippen LogP contribution in [0.25, 0.3) is 0 Å². The Morgan fingerprint density at radius 2 is 1.34 bits per heavy atom. The van der Waals surface area contributed by atoms with Crippen LogP contribution in [0.5, 0.6) is 0 Å². The van der Waals surface area contributed by atoms with Crippen molar-refractivity contribution >= 4 is 16.1 Å². The van der Waals surface area contributed by atoms with E-state index in [-0.39, 0.29) is 23.3 Å². The first-order chi connectivity index (χ1) is 14.6. The lowest BCUT2D eigenvalue weighted by molar-refractivity contribution is -0.0524. The third kappa shape index (κ3) is 9.48. The maximum Gasteiger partial charge on any atom is 0.338 e. The summed E-state index contributed by atoms with van der Waals surface area (Å²) in [6.45, 7) is 9.52. The van der Waals surface area contributed by atoms with Gasteiger partial charge in [-0.2, -0.15) is 8.42 Å². The lowest BCUT2D eigenvalue weighted by atomic mass is 9.79. The van der Waals surface area contributed by atoms with Crippen molar-refractivity contribution in [2.75, 3.05) is 6.61 Å². The largest absolute Gasteiger partial charge is 0.461 e. The lowest BCUT2D eigenvalue weighted by Gasteiger charge is -2.34. The summed E-state index contributed by atoms with van der Waals surface area (Å²) in [5.74, 6) is -0.405. The van der Waals surface area contributed by atoms with Crippen molar-refractivity contribution in [3.05, 3.63) is 66.2 Å². The summed E-state index contributed by atoms with van der Waals surface area (Å²) in [5, 5.41) is 20.4. The molecule has 0 aromatic heterocycles. The second-order valence-corrected chi connectivity index (χ2v) is 10.8. The molecular weight excluding hydrogens is 432 g/mol. The van der Waals surface area contributed by atoms with Crippen LogP contribution >= 0.6 is 0 Å². The first kappa shape index (κ1) is 27.8. The highest BCUT2D eigenvalue weighted by atomic mass is 32.2. The molecule has 0 radical (unpaired) electrons. The molecule has 7 nitrogen and oxygen atoms in total. The number of hydrogen-bond acceptors (Lipinski definition) is 6. The van der Waals surface area contributed by atoms with E-state index in [1.54, 1.807) is 42.5 Å². The van der Waals surface area contributed by atoms with E-state index in [0.29, 0.717) is 5.56 Å². The molecule has 0 aliphatic heterocycles.